The van der Waals surface area contributed by atoms with Crippen LogP contribution in [0.5, 0.6) is 0 Å². The molecule has 4 aromatic rings. The molecule has 0 atom stereocenters. The number of benzene rings is 1. The Labute approximate surface area is 175 Å². The van der Waals surface area contributed by atoms with E-state index in [1.807, 2.05) is 31.2 Å². The summed E-state index contributed by atoms with van der Waals surface area (Å²) >= 11 is 0. The molecule has 0 N–H and O–H groups in total. The molecule has 6 heteroatoms. The summed E-state index contributed by atoms with van der Waals surface area (Å²) in [6.45, 7) is 6.93. The topological polar surface area (TPSA) is 63.6 Å². The van der Waals surface area contributed by atoms with E-state index >= 15 is 0 Å². The highest BCUT2D eigenvalue weighted by atomic mass is 16.5. The molecule has 1 aliphatic heterocycles. The Morgan fingerprint density at radius 3 is 2.80 bits per heavy atom. The first-order valence-corrected chi connectivity index (χ1v) is 10.7. The summed E-state index contributed by atoms with van der Waals surface area (Å²) in [4.78, 5) is 19.9. The van der Waals surface area contributed by atoms with Crippen molar-refractivity contribution in [3.63, 3.8) is 0 Å². The number of hydrogen-bond donors (Lipinski definition) is 0. The monoisotopic (exact) mass is 402 g/mol. The smallest absolute Gasteiger partial charge is 0.261 e. The van der Waals surface area contributed by atoms with Crippen LogP contribution < -0.4 is 5.56 Å². The van der Waals surface area contributed by atoms with Gasteiger partial charge in [0.2, 0.25) is 0 Å². The Balaban J connectivity index is 1.26. The van der Waals surface area contributed by atoms with Gasteiger partial charge in [-0.15, -0.1) is 0 Å². The summed E-state index contributed by atoms with van der Waals surface area (Å²) in [5.41, 5.74) is 5.62. The third-order valence-electron chi connectivity index (χ3n) is 6.34. The number of hydrogen-bond acceptors (Lipinski definition) is 5. The predicted molar refractivity (Wildman–Crippen MR) is 117 cm³/mol. The number of pyridine rings is 1. The lowest BCUT2D eigenvalue weighted by Gasteiger charge is -2.31. The molecule has 0 amide bonds. The van der Waals surface area contributed by atoms with Crippen LogP contribution in [0.15, 0.2) is 51.9 Å². The first kappa shape index (κ1) is 19.0. The fourth-order valence-electron chi connectivity index (χ4n) is 4.59. The van der Waals surface area contributed by atoms with Gasteiger partial charge >= 0.3 is 0 Å². The second-order valence-corrected chi connectivity index (χ2v) is 8.34. The van der Waals surface area contributed by atoms with Crippen LogP contribution in [-0.4, -0.2) is 39.1 Å². The minimum atomic E-state index is 0.0532. The van der Waals surface area contributed by atoms with Gasteiger partial charge in [0.1, 0.15) is 5.65 Å². The van der Waals surface area contributed by atoms with Crippen molar-refractivity contribution in [2.24, 2.45) is 0 Å². The zero-order valence-corrected chi connectivity index (χ0v) is 17.5. The van der Waals surface area contributed by atoms with Crippen LogP contribution in [0.25, 0.3) is 16.6 Å². The highest BCUT2D eigenvalue weighted by Gasteiger charge is 2.25. The highest BCUT2D eigenvalue weighted by Crippen LogP contribution is 2.32. The number of piperidine rings is 1. The molecule has 1 aromatic carbocycles. The Bertz CT molecular complexity index is 1270. The molecule has 0 spiro atoms. The van der Waals surface area contributed by atoms with Gasteiger partial charge in [0.05, 0.1) is 5.69 Å². The molecule has 1 aliphatic rings. The fraction of sp³-hybridized carbons (Fsp3) is 0.375. The number of likely N-dealkylation sites (tertiary alicyclic amines) is 1. The summed E-state index contributed by atoms with van der Waals surface area (Å²) in [6, 6.07) is 11.9. The molecule has 30 heavy (non-hydrogen) atoms. The number of rotatable bonds is 4. The fourth-order valence-corrected chi connectivity index (χ4v) is 4.59. The molecule has 154 valence electrons. The highest BCUT2D eigenvalue weighted by molar-refractivity contribution is 5.80. The van der Waals surface area contributed by atoms with Crippen LogP contribution in [0.2, 0.25) is 0 Å². The Morgan fingerprint density at radius 2 is 1.97 bits per heavy atom. The van der Waals surface area contributed by atoms with Gasteiger partial charge in [0, 0.05) is 35.3 Å². The molecule has 6 nitrogen and oxygen atoms in total. The van der Waals surface area contributed by atoms with Crippen LogP contribution >= 0.6 is 0 Å². The van der Waals surface area contributed by atoms with Crippen LogP contribution in [0, 0.1) is 13.8 Å². The quantitative estimate of drug-likeness (QED) is 0.518. The Kier molecular flexibility index (Phi) is 4.87. The van der Waals surface area contributed by atoms with E-state index in [9.17, 15) is 4.79 Å². The minimum absolute atomic E-state index is 0.0532. The molecule has 1 saturated heterocycles. The van der Waals surface area contributed by atoms with Gasteiger partial charge < -0.3 is 9.42 Å². The van der Waals surface area contributed by atoms with Crippen LogP contribution in [-0.2, 0) is 6.42 Å². The lowest BCUT2D eigenvalue weighted by atomic mass is 9.91. The Hall–Kier alpha value is -2.99. The maximum Gasteiger partial charge on any atom is 0.261 e. The second kappa shape index (κ2) is 7.69. The predicted octanol–water partition coefficient (Wildman–Crippen LogP) is 3.87. The lowest BCUT2D eigenvalue weighted by Crippen LogP contribution is -2.35. The van der Waals surface area contributed by atoms with E-state index in [-0.39, 0.29) is 5.56 Å². The van der Waals surface area contributed by atoms with E-state index in [0.717, 1.165) is 66.8 Å². The molecule has 5 rings (SSSR count). The van der Waals surface area contributed by atoms with E-state index in [1.54, 1.807) is 10.6 Å². The van der Waals surface area contributed by atoms with Crippen molar-refractivity contribution in [3.05, 3.63) is 75.5 Å². The zero-order chi connectivity index (χ0) is 20.7. The van der Waals surface area contributed by atoms with E-state index in [1.165, 1.54) is 5.56 Å². The average molecular weight is 402 g/mol. The van der Waals surface area contributed by atoms with Crippen molar-refractivity contribution < 1.29 is 4.52 Å². The van der Waals surface area contributed by atoms with E-state index in [2.05, 4.69) is 34.1 Å². The average Bonchev–Trinajstić information content (AvgIpc) is 3.17. The van der Waals surface area contributed by atoms with Crippen molar-refractivity contribution in [1.29, 1.82) is 0 Å². The van der Waals surface area contributed by atoms with Gasteiger partial charge in [-0.1, -0.05) is 22.9 Å². The van der Waals surface area contributed by atoms with Gasteiger partial charge in [0.15, 0.2) is 5.58 Å². The maximum absolute atomic E-state index is 12.9. The number of aromatic nitrogens is 3. The first-order valence-electron chi connectivity index (χ1n) is 10.7. The van der Waals surface area contributed by atoms with E-state index in [4.69, 9.17) is 4.52 Å². The second-order valence-electron chi connectivity index (χ2n) is 8.34. The molecule has 1 fully saturated rings. The largest absolute Gasteiger partial charge is 0.356 e. The third-order valence-corrected chi connectivity index (χ3v) is 6.34. The van der Waals surface area contributed by atoms with Gasteiger partial charge in [-0.05, 0) is 70.5 Å². The van der Waals surface area contributed by atoms with E-state index < -0.39 is 0 Å². The first-order chi connectivity index (χ1) is 14.6. The minimum Gasteiger partial charge on any atom is -0.356 e. The SMILES string of the molecule is Cc1ccc2onc(C3CCN(CCc4c(C)nc5ccccn5c4=O)CC3)c2c1. The lowest BCUT2D eigenvalue weighted by molar-refractivity contribution is 0.211. The zero-order valence-electron chi connectivity index (χ0n) is 17.5. The normalized spacial score (nSPS) is 15.9. The molecule has 0 unspecified atom stereocenters. The van der Waals surface area contributed by atoms with Crippen molar-refractivity contribution >= 4 is 16.6 Å². The summed E-state index contributed by atoms with van der Waals surface area (Å²) in [5.74, 6) is 0.430. The summed E-state index contributed by atoms with van der Waals surface area (Å²) < 4.78 is 7.19. The molecular weight excluding hydrogens is 376 g/mol. The van der Waals surface area contributed by atoms with Crippen LogP contribution in [0.1, 0.15) is 41.3 Å². The van der Waals surface area contributed by atoms with Crippen LogP contribution in [0.4, 0.5) is 0 Å². The van der Waals surface area contributed by atoms with Crippen molar-refractivity contribution in [2.75, 3.05) is 19.6 Å². The molecule has 0 radical (unpaired) electrons. The van der Waals surface area contributed by atoms with Gasteiger partial charge in [-0.3, -0.25) is 9.20 Å². The standard InChI is InChI=1S/C24H26N4O2/c1-16-6-7-21-20(15-16)23(26-30-21)18-8-12-27(13-9-18)14-10-19-17(2)25-22-5-3-4-11-28(22)24(19)29/h3-7,11,15,18H,8-10,12-14H2,1-2H3. The summed E-state index contributed by atoms with van der Waals surface area (Å²) in [6.07, 6.45) is 4.64. The van der Waals surface area contributed by atoms with Gasteiger partial charge in [0.25, 0.3) is 5.56 Å². The van der Waals surface area contributed by atoms with Gasteiger partial charge in [-0.25, -0.2) is 4.98 Å². The molecule has 4 heterocycles. The summed E-state index contributed by atoms with van der Waals surface area (Å²) in [7, 11) is 0. The molecule has 3 aromatic heterocycles. The molecule has 0 saturated carbocycles. The molecule has 0 aliphatic carbocycles. The van der Waals surface area contributed by atoms with Crippen LogP contribution in [0.3, 0.4) is 0 Å². The van der Waals surface area contributed by atoms with E-state index in [0.29, 0.717) is 11.6 Å². The van der Waals surface area contributed by atoms with Crippen molar-refractivity contribution in [1.82, 2.24) is 19.4 Å². The number of aryl methyl sites for hydroxylation is 2. The molecule has 0 bridgehead atoms. The summed E-state index contributed by atoms with van der Waals surface area (Å²) in [5, 5.41) is 5.54. The number of fused-ring (bicyclic) bond motifs is 2. The third kappa shape index (κ3) is 3.41. The maximum atomic E-state index is 12.9. The molecular formula is C24H26N4O2. The van der Waals surface area contributed by atoms with Gasteiger partial charge in [-0.2, -0.15) is 0 Å². The van der Waals surface area contributed by atoms with Crippen molar-refractivity contribution in [3.8, 4) is 0 Å². The number of nitrogens with zero attached hydrogens (tertiary/aromatic N) is 4. The Morgan fingerprint density at radius 1 is 1.13 bits per heavy atom. The van der Waals surface area contributed by atoms with Crippen molar-refractivity contribution in [2.45, 2.75) is 39.0 Å².